The number of likely N-dealkylation sites (tertiary alicyclic amines) is 1. The van der Waals surface area contributed by atoms with Crippen molar-refractivity contribution in [2.75, 3.05) is 6.54 Å². The van der Waals surface area contributed by atoms with Crippen LogP contribution in [0.5, 0.6) is 0 Å². The maximum Gasteiger partial charge on any atom is 0.235 e. The maximum absolute atomic E-state index is 13.1. The molecular formula is C19H19NO2. The molecule has 1 atom stereocenters. The first-order valence-corrected chi connectivity index (χ1v) is 7.59. The largest absolute Gasteiger partial charge is 0.331 e. The molecule has 112 valence electrons. The molecule has 0 radical (unpaired) electrons. The van der Waals surface area contributed by atoms with E-state index in [2.05, 4.69) is 0 Å². The van der Waals surface area contributed by atoms with Crippen molar-refractivity contribution in [2.45, 2.75) is 25.3 Å². The Morgan fingerprint density at radius 1 is 1.00 bits per heavy atom. The first-order valence-electron chi connectivity index (χ1n) is 7.59. The molecule has 1 heterocycles. The van der Waals surface area contributed by atoms with Crippen molar-refractivity contribution in [3.05, 3.63) is 71.8 Å². The highest BCUT2D eigenvalue weighted by Gasteiger charge is 2.35. The first-order chi connectivity index (χ1) is 10.7. The van der Waals surface area contributed by atoms with Gasteiger partial charge in [-0.25, -0.2) is 0 Å². The summed E-state index contributed by atoms with van der Waals surface area (Å²) >= 11 is 0. The summed E-state index contributed by atoms with van der Waals surface area (Å²) in [6.07, 6.45) is 0.460. The van der Waals surface area contributed by atoms with Crippen LogP contribution in [0.25, 0.3) is 0 Å². The van der Waals surface area contributed by atoms with Gasteiger partial charge in [0.25, 0.3) is 0 Å². The number of ketones is 1. The zero-order chi connectivity index (χ0) is 15.5. The van der Waals surface area contributed by atoms with Gasteiger partial charge in [0.15, 0.2) is 5.78 Å². The minimum Gasteiger partial charge on any atom is -0.331 e. The maximum atomic E-state index is 13.1. The molecule has 2 aromatic carbocycles. The topological polar surface area (TPSA) is 37.4 Å². The van der Waals surface area contributed by atoms with Crippen molar-refractivity contribution in [1.29, 1.82) is 0 Å². The second kappa shape index (κ2) is 6.14. The average Bonchev–Trinajstić information content (AvgIpc) is 2.88. The van der Waals surface area contributed by atoms with Crippen LogP contribution in [0.3, 0.4) is 0 Å². The second-order valence-electron chi connectivity index (χ2n) is 5.81. The van der Waals surface area contributed by atoms with Crippen LogP contribution in [0.2, 0.25) is 0 Å². The summed E-state index contributed by atoms with van der Waals surface area (Å²) in [5, 5.41) is 0. The molecule has 2 aromatic rings. The van der Waals surface area contributed by atoms with Crippen LogP contribution in [0, 0.1) is 0 Å². The minimum atomic E-state index is -0.351. The van der Waals surface area contributed by atoms with Crippen molar-refractivity contribution in [3.8, 4) is 0 Å². The predicted molar refractivity (Wildman–Crippen MR) is 85.5 cm³/mol. The van der Waals surface area contributed by atoms with Crippen molar-refractivity contribution >= 4 is 11.7 Å². The van der Waals surface area contributed by atoms with Crippen molar-refractivity contribution < 1.29 is 9.59 Å². The van der Waals surface area contributed by atoms with E-state index in [0.29, 0.717) is 6.42 Å². The molecule has 3 heteroatoms. The zero-order valence-electron chi connectivity index (χ0n) is 12.6. The Hall–Kier alpha value is -2.42. The standard InChI is InChI=1S/C19H19NO2/c1-14-12-17(21)13-20(14)19(22)18(15-8-4-2-5-9-15)16-10-6-3-7-11-16/h2-11,14,18H,12-13H2,1H3/t14-/m0/s1. The van der Waals surface area contributed by atoms with Gasteiger partial charge in [0, 0.05) is 12.5 Å². The fourth-order valence-electron chi connectivity index (χ4n) is 3.08. The summed E-state index contributed by atoms with van der Waals surface area (Å²) in [5.74, 6) is -0.202. The quantitative estimate of drug-likeness (QED) is 0.872. The fraction of sp³-hybridized carbons (Fsp3) is 0.263. The third-order valence-corrected chi connectivity index (χ3v) is 4.20. The Balaban J connectivity index is 1.99. The molecule has 22 heavy (non-hydrogen) atoms. The van der Waals surface area contributed by atoms with Crippen LogP contribution in [-0.4, -0.2) is 29.2 Å². The number of rotatable bonds is 3. The monoisotopic (exact) mass is 293 g/mol. The molecule has 0 aliphatic carbocycles. The lowest BCUT2D eigenvalue weighted by molar-refractivity contribution is -0.133. The molecule has 3 rings (SSSR count). The van der Waals surface area contributed by atoms with Crippen LogP contribution >= 0.6 is 0 Å². The SMILES string of the molecule is C[C@H]1CC(=O)CN1C(=O)C(c1ccccc1)c1ccccc1. The zero-order valence-corrected chi connectivity index (χ0v) is 12.6. The van der Waals surface area contributed by atoms with Crippen molar-refractivity contribution in [3.63, 3.8) is 0 Å². The summed E-state index contributed by atoms with van der Waals surface area (Å²) in [7, 11) is 0. The Morgan fingerprint density at radius 3 is 1.91 bits per heavy atom. The molecule has 1 aliphatic heterocycles. The second-order valence-corrected chi connectivity index (χ2v) is 5.81. The molecule has 3 nitrogen and oxygen atoms in total. The highest BCUT2D eigenvalue weighted by atomic mass is 16.2. The minimum absolute atomic E-state index is 0.00995. The van der Waals surface area contributed by atoms with E-state index in [-0.39, 0.29) is 30.2 Å². The highest BCUT2D eigenvalue weighted by molar-refractivity contribution is 5.94. The third-order valence-electron chi connectivity index (χ3n) is 4.20. The number of carbonyl (C=O) groups excluding carboxylic acids is 2. The summed E-state index contributed by atoms with van der Waals surface area (Å²) < 4.78 is 0. The summed E-state index contributed by atoms with van der Waals surface area (Å²) in [4.78, 5) is 26.5. The normalized spacial score (nSPS) is 18.0. The van der Waals surface area contributed by atoms with E-state index in [1.807, 2.05) is 67.6 Å². The summed E-state index contributed by atoms with van der Waals surface area (Å²) in [5.41, 5.74) is 1.93. The van der Waals surface area contributed by atoms with Gasteiger partial charge in [-0.3, -0.25) is 9.59 Å². The molecule has 1 saturated heterocycles. The van der Waals surface area contributed by atoms with Gasteiger partial charge < -0.3 is 4.90 Å². The molecule has 0 N–H and O–H groups in total. The summed E-state index contributed by atoms with van der Waals surface area (Å²) in [6, 6.07) is 19.5. The lowest BCUT2D eigenvalue weighted by Crippen LogP contribution is -2.38. The number of carbonyl (C=O) groups is 2. The lowest BCUT2D eigenvalue weighted by atomic mass is 9.90. The molecule has 0 spiro atoms. The van der Waals surface area contributed by atoms with E-state index in [9.17, 15) is 9.59 Å². The van der Waals surface area contributed by atoms with Gasteiger partial charge in [0.1, 0.15) is 0 Å². The first kappa shape index (κ1) is 14.5. The van der Waals surface area contributed by atoms with Gasteiger partial charge in [-0.05, 0) is 18.1 Å². The molecule has 0 saturated carbocycles. The lowest BCUT2D eigenvalue weighted by Gasteiger charge is -2.27. The number of amides is 1. The number of nitrogens with zero attached hydrogens (tertiary/aromatic N) is 1. The van der Waals surface area contributed by atoms with E-state index >= 15 is 0 Å². The highest BCUT2D eigenvalue weighted by Crippen LogP contribution is 2.29. The molecule has 0 aromatic heterocycles. The summed E-state index contributed by atoms with van der Waals surface area (Å²) in [6.45, 7) is 2.17. The van der Waals surface area contributed by atoms with Gasteiger partial charge in [-0.1, -0.05) is 60.7 Å². The van der Waals surface area contributed by atoms with E-state index in [4.69, 9.17) is 0 Å². The fourth-order valence-corrected chi connectivity index (χ4v) is 3.08. The molecule has 1 amide bonds. The van der Waals surface area contributed by atoms with Crippen LogP contribution in [0.15, 0.2) is 60.7 Å². The average molecular weight is 293 g/mol. The van der Waals surface area contributed by atoms with Gasteiger partial charge in [-0.15, -0.1) is 0 Å². The van der Waals surface area contributed by atoms with Crippen LogP contribution in [0.4, 0.5) is 0 Å². The predicted octanol–water partition coefficient (Wildman–Crippen LogP) is 3.01. The molecule has 1 fully saturated rings. The third kappa shape index (κ3) is 2.80. The van der Waals surface area contributed by atoms with Gasteiger partial charge >= 0.3 is 0 Å². The van der Waals surface area contributed by atoms with Gasteiger partial charge in [0.2, 0.25) is 5.91 Å². The molecular weight excluding hydrogens is 274 g/mol. The van der Waals surface area contributed by atoms with Crippen LogP contribution in [-0.2, 0) is 9.59 Å². The molecule has 0 unspecified atom stereocenters. The van der Waals surface area contributed by atoms with E-state index in [1.54, 1.807) is 4.90 Å². The van der Waals surface area contributed by atoms with E-state index in [1.165, 1.54) is 0 Å². The molecule has 0 bridgehead atoms. The number of Topliss-reactive ketones (excluding diaryl/α,β-unsaturated/α-hetero) is 1. The number of benzene rings is 2. The van der Waals surface area contributed by atoms with Crippen LogP contribution < -0.4 is 0 Å². The Morgan fingerprint density at radius 2 is 1.50 bits per heavy atom. The Kier molecular flexibility index (Phi) is 4.05. The van der Waals surface area contributed by atoms with Gasteiger partial charge in [0.05, 0.1) is 12.5 Å². The van der Waals surface area contributed by atoms with Crippen molar-refractivity contribution in [2.24, 2.45) is 0 Å². The van der Waals surface area contributed by atoms with Gasteiger partial charge in [-0.2, -0.15) is 0 Å². The number of hydrogen-bond donors (Lipinski definition) is 0. The smallest absolute Gasteiger partial charge is 0.235 e. The van der Waals surface area contributed by atoms with Crippen molar-refractivity contribution in [1.82, 2.24) is 4.90 Å². The Labute approximate surface area is 130 Å². The molecule has 1 aliphatic rings. The number of hydrogen-bond acceptors (Lipinski definition) is 2. The van der Waals surface area contributed by atoms with Crippen LogP contribution in [0.1, 0.15) is 30.4 Å². The van der Waals surface area contributed by atoms with E-state index < -0.39 is 0 Å². The van der Waals surface area contributed by atoms with E-state index in [0.717, 1.165) is 11.1 Å². The Bertz CT molecular complexity index is 627.